The van der Waals surface area contributed by atoms with Crippen molar-refractivity contribution in [1.29, 1.82) is 0 Å². The number of tetrazole rings is 1. The first kappa shape index (κ1) is 25.4. The molecule has 0 saturated carbocycles. The number of ether oxygens (including phenoxy) is 1. The fraction of sp³-hybridized carbons (Fsp3) is 0.650. The van der Waals surface area contributed by atoms with Gasteiger partial charge in [0.15, 0.2) is 5.82 Å². The molecule has 1 aromatic heterocycles. The van der Waals surface area contributed by atoms with Gasteiger partial charge in [-0.1, -0.05) is 19.9 Å². The average molecular weight is 463 g/mol. The van der Waals surface area contributed by atoms with Gasteiger partial charge in [-0.15, -0.1) is 17.5 Å². The van der Waals surface area contributed by atoms with Crippen LogP contribution in [0.4, 0.5) is 18.9 Å². The predicted octanol–water partition coefficient (Wildman–Crippen LogP) is 3.67. The molecule has 174 valence electrons. The maximum Gasteiger partial charge on any atom is 0.416 e. The third-order valence-electron chi connectivity index (χ3n) is 5.35. The van der Waals surface area contributed by atoms with Crippen molar-refractivity contribution in [2.45, 2.75) is 39.0 Å². The third kappa shape index (κ3) is 6.54. The molecule has 7 nitrogen and oxygen atoms in total. The highest BCUT2D eigenvalue weighted by Crippen LogP contribution is 2.33. The van der Waals surface area contributed by atoms with Crippen LogP contribution in [0, 0.1) is 5.92 Å². The first-order valence-electron chi connectivity index (χ1n) is 10.2. The Morgan fingerprint density at radius 2 is 1.84 bits per heavy atom. The summed E-state index contributed by atoms with van der Waals surface area (Å²) in [6.07, 6.45) is -3.43. The van der Waals surface area contributed by atoms with Gasteiger partial charge >= 0.3 is 6.18 Å². The smallest absolute Gasteiger partial charge is 0.383 e. The highest BCUT2D eigenvalue weighted by atomic mass is 35.5. The fourth-order valence-corrected chi connectivity index (χ4v) is 3.82. The van der Waals surface area contributed by atoms with Gasteiger partial charge in [0.2, 0.25) is 0 Å². The van der Waals surface area contributed by atoms with Crippen LogP contribution in [0.5, 0.6) is 0 Å². The Hall–Kier alpha value is -1.91. The van der Waals surface area contributed by atoms with E-state index < -0.39 is 11.7 Å². The van der Waals surface area contributed by atoms with E-state index in [2.05, 4.69) is 34.3 Å². The molecule has 0 aliphatic carbocycles. The van der Waals surface area contributed by atoms with Gasteiger partial charge in [-0.05, 0) is 41.0 Å². The van der Waals surface area contributed by atoms with Crippen molar-refractivity contribution in [1.82, 2.24) is 25.1 Å². The van der Waals surface area contributed by atoms with Crippen molar-refractivity contribution in [2.75, 3.05) is 44.8 Å². The second kappa shape index (κ2) is 11.1. The van der Waals surface area contributed by atoms with Crippen LogP contribution in [0.3, 0.4) is 0 Å². The number of benzene rings is 1. The summed E-state index contributed by atoms with van der Waals surface area (Å²) in [7, 11) is 1.64. The van der Waals surface area contributed by atoms with Crippen LogP contribution in [-0.2, 0) is 17.5 Å². The normalized spacial score (nSPS) is 16.4. The van der Waals surface area contributed by atoms with E-state index in [0.717, 1.165) is 31.4 Å². The molecule has 0 N–H and O–H groups in total. The first-order chi connectivity index (χ1) is 14.3. The van der Waals surface area contributed by atoms with Crippen molar-refractivity contribution in [3.05, 3.63) is 35.7 Å². The standard InChI is InChI=1S/C20H29F3N6O.ClH/c1-15(2)13-18(19-24-25-26-29(19)11-12-30-3)28-9-7-27(8-10-28)17-6-4-5-16(14-17)20(21,22)23;/h4-6,14-15,18H,7-13H2,1-3H3;1H. The van der Waals surface area contributed by atoms with Gasteiger partial charge in [-0.3, -0.25) is 4.90 Å². The Morgan fingerprint density at radius 3 is 2.45 bits per heavy atom. The SMILES string of the molecule is COCCn1nnnc1C(CC(C)C)N1CCN(c2cccc(C(F)(F)F)c2)CC1.Cl. The summed E-state index contributed by atoms with van der Waals surface area (Å²) in [5.74, 6) is 1.26. The Balaban J connectivity index is 0.00000341. The molecule has 31 heavy (non-hydrogen) atoms. The van der Waals surface area contributed by atoms with E-state index in [4.69, 9.17) is 4.74 Å². The van der Waals surface area contributed by atoms with Crippen LogP contribution in [0.15, 0.2) is 24.3 Å². The van der Waals surface area contributed by atoms with Gasteiger partial charge in [0.05, 0.1) is 24.8 Å². The molecule has 2 aromatic rings. The zero-order chi connectivity index (χ0) is 21.7. The zero-order valence-electron chi connectivity index (χ0n) is 18.0. The molecule has 0 amide bonds. The average Bonchev–Trinajstić information content (AvgIpc) is 3.18. The van der Waals surface area contributed by atoms with E-state index >= 15 is 0 Å². The summed E-state index contributed by atoms with van der Waals surface area (Å²) in [6, 6.07) is 5.60. The molecule has 2 heterocycles. The van der Waals surface area contributed by atoms with Crippen molar-refractivity contribution in [3.8, 4) is 0 Å². The largest absolute Gasteiger partial charge is 0.416 e. The number of rotatable bonds is 8. The first-order valence-corrected chi connectivity index (χ1v) is 10.2. The summed E-state index contributed by atoms with van der Waals surface area (Å²) in [6.45, 7) is 8.18. The molecule has 11 heteroatoms. The molecule has 0 radical (unpaired) electrons. The molecule has 1 aromatic carbocycles. The number of hydrogen-bond acceptors (Lipinski definition) is 6. The van der Waals surface area contributed by atoms with Gasteiger partial charge in [0.1, 0.15) is 0 Å². The minimum absolute atomic E-state index is 0. The van der Waals surface area contributed by atoms with E-state index in [1.54, 1.807) is 17.9 Å². The highest BCUT2D eigenvalue weighted by Gasteiger charge is 2.32. The van der Waals surface area contributed by atoms with Crippen LogP contribution in [0.1, 0.15) is 37.7 Å². The molecular formula is C20H30ClF3N6O. The van der Waals surface area contributed by atoms with E-state index in [-0.39, 0.29) is 18.4 Å². The van der Waals surface area contributed by atoms with E-state index in [1.165, 1.54) is 12.1 Å². The van der Waals surface area contributed by atoms with E-state index in [0.29, 0.717) is 37.8 Å². The summed E-state index contributed by atoms with van der Waals surface area (Å²) in [4.78, 5) is 4.34. The number of nitrogens with zero attached hydrogens (tertiary/aromatic N) is 6. The van der Waals surface area contributed by atoms with Crippen LogP contribution >= 0.6 is 12.4 Å². The van der Waals surface area contributed by atoms with Crippen LogP contribution in [0.25, 0.3) is 0 Å². The van der Waals surface area contributed by atoms with Crippen molar-refractivity contribution >= 4 is 18.1 Å². The number of anilines is 1. The molecule has 1 aliphatic rings. The predicted molar refractivity (Wildman–Crippen MR) is 114 cm³/mol. The lowest BCUT2D eigenvalue weighted by molar-refractivity contribution is -0.137. The van der Waals surface area contributed by atoms with Gasteiger partial charge in [0.25, 0.3) is 0 Å². The van der Waals surface area contributed by atoms with Gasteiger partial charge in [0, 0.05) is 39.0 Å². The lowest BCUT2D eigenvalue weighted by atomic mass is 10.0. The number of piperazine rings is 1. The molecule has 1 aliphatic heterocycles. The van der Waals surface area contributed by atoms with Crippen molar-refractivity contribution < 1.29 is 17.9 Å². The second-order valence-electron chi connectivity index (χ2n) is 7.97. The van der Waals surface area contributed by atoms with Crippen LogP contribution in [0.2, 0.25) is 0 Å². The number of methoxy groups -OCH3 is 1. The van der Waals surface area contributed by atoms with Crippen LogP contribution < -0.4 is 4.90 Å². The number of hydrogen-bond donors (Lipinski definition) is 0. The molecular weight excluding hydrogens is 433 g/mol. The minimum atomic E-state index is -4.33. The molecule has 1 atom stereocenters. The van der Waals surface area contributed by atoms with Gasteiger partial charge < -0.3 is 9.64 Å². The monoisotopic (exact) mass is 462 g/mol. The highest BCUT2D eigenvalue weighted by molar-refractivity contribution is 5.85. The molecule has 0 bridgehead atoms. The molecule has 1 fully saturated rings. The summed E-state index contributed by atoms with van der Waals surface area (Å²) in [5, 5.41) is 12.2. The number of halogens is 4. The Labute approximate surface area is 186 Å². The Kier molecular flexibility index (Phi) is 9.08. The molecule has 3 rings (SSSR count). The Morgan fingerprint density at radius 1 is 1.13 bits per heavy atom. The number of alkyl halides is 3. The Bertz CT molecular complexity index is 808. The van der Waals surface area contributed by atoms with E-state index in [1.807, 2.05) is 4.90 Å². The summed E-state index contributed by atoms with van der Waals surface area (Å²) < 4.78 is 46.1. The fourth-order valence-electron chi connectivity index (χ4n) is 3.82. The topological polar surface area (TPSA) is 59.3 Å². The second-order valence-corrected chi connectivity index (χ2v) is 7.97. The van der Waals surface area contributed by atoms with E-state index in [9.17, 15) is 13.2 Å². The molecule has 1 saturated heterocycles. The maximum absolute atomic E-state index is 13.1. The lowest BCUT2D eigenvalue weighted by Crippen LogP contribution is -2.48. The third-order valence-corrected chi connectivity index (χ3v) is 5.35. The quantitative estimate of drug-likeness (QED) is 0.596. The molecule has 0 spiro atoms. The lowest BCUT2D eigenvalue weighted by Gasteiger charge is -2.40. The maximum atomic E-state index is 13.1. The van der Waals surface area contributed by atoms with Crippen molar-refractivity contribution in [3.63, 3.8) is 0 Å². The van der Waals surface area contributed by atoms with Gasteiger partial charge in [-0.2, -0.15) is 13.2 Å². The molecule has 1 unspecified atom stereocenters. The number of aromatic nitrogens is 4. The zero-order valence-corrected chi connectivity index (χ0v) is 18.9. The van der Waals surface area contributed by atoms with Gasteiger partial charge in [-0.25, -0.2) is 4.68 Å². The van der Waals surface area contributed by atoms with Crippen LogP contribution in [-0.4, -0.2) is 65.0 Å². The summed E-state index contributed by atoms with van der Waals surface area (Å²) >= 11 is 0. The minimum Gasteiger partial charge on any atom is -0.383 e. The summed E-state index contributed by atoms with van der Waals surface area (Å²) in [5.41, 5.74) is -0.00718. The van der Waals surface area contributed by atoms with Crippen molar-refractivity contribution in [2.24, 2.45) is 5.92 Å².